The SMILES string of the molecule is O=C(NO)C(Cc1ccc(O)cc1)n1cc(CNS(=O)(=O)c2ccsc2)nn1. The van der Waals surface area contributed by atoms with Gasteiger partial charge >= 0.3 is 0 Å². The molecular formula is C16H17N5O5S2. The summed E-state index contributed by atoms with van der Waals surface area (Å²) in [6, 6.07) is 6.82. The van der Waals surface area contributed by atoms with Gasteiger partial charge in [-0.2, -0.15) is 11.3 Å². The van der Waals surface area contributed by atoms with E-state index in [1.165, 1.54) is 45.8 Å². The van der Waals surface area contributed by atoms with Crippen molar-refractivity contribution in [2.45, 2.75) is 23.9 Å². The number of nitrogens with zero attached hydrogens (tertiary/aromatic N) is 3. The summed E-state index contributed by atoms with van der Waals surface area (Å²) < 4.78 is 28.0. The van der Waals surface area contributed by atoms with Gasteiger partial charge in [0.15, 0.2) is 0 Å². The van der Waals surface area contributed by atoms with Crippen molar-refractivity contribution in [3.8, 4) is 5.75 Å². The first-order valence-electron chi connectivity index (χ1n) is 8.03. The Kier molecular flexibility index (Phi) is 6.04. The summed E-state index contributed by atoms with van der Waals surface area (Å²) in [6.07, 6.45) is 1.60. The van der Waals surface area contributed by atoms with Gasteiger partial charge in [0.1, 0.15) is 11.8 Å². The maximum absolute atomic E-state index is 12.2. The molecule has 28 heavy (non-hydrogen) atoms. The number of amides is 1. The molecule has 0 saturated heterocycles. The van der Waals surface area contributed by atoms with Crippen molar-refractivity contribution in [2.75, 3.05) is 0 Å². The van der Waals surface area contributed by atoms with Crippen LogP contribution >= 0.6 is 11.3 Å². The van der Waals surface area contributed by atoms with Crippen molar-refractivity contribution in [1.29, 1.82) is 0 Å². The molecule has 4 N–H and O–H groups in total. The number of sulfonamides is 1. The summed E-state index contributed by atoms with van der Waals surface area (Å²) in [5.41, 5.74) is 2.62. The molecule has 3 rings (SSSR count). The van der Waals surface area contributed by atoms with E-state index in [4.69, 9.17) is 5.21 Å². The third-order valence-corrected chi connectivity index (χ3v) is 6.14. The summed E-state index contributed by atoms with van der Waals surface area (Å²) in [5, 5.41) is 29.3. The minimum atomic E-state index is -3.66. The lowest BCUT2D eigenvalue weighted by atomic mass is 10.1. The van der Waals surface area contributed by atoms with Crippen LogP contribution in [0.1, 0.15) is 17.3 Å². The first-order chi connectivity index (χ1) is 13.4. The van der Waals surface area contributed by atoms with E-state index in [-0.39, 0.29) is 23.6 Å². The zero-order valence-corrected chi connectivity index (χ0v) is 16.0. The Morgan fingerprint density at radius 3 is 2.64 bits per heavy atom. The lowest BCUT2D eigenvalue weighted by molar-refractivity contribution is -0.133. The number of aromatic hydroxyl groups is 1. The molecule has 0 aliphatic rings. The first kappa shape index (κ1) is 19.9. The zero-order chi connectivity index (χ0) is 20.1. The minimum Gasteiger partial charge on any atom is -0.508 e. The molecule has 0 spiro atoms. The predicted octanol–water partition coefficient (Wildman–Crippen LogP) is 0.813. The Hall–Kier alpha value is -2.80. The van der Waals surface area contributed by atoms with Gasteiger partial charge in [0.2, 0.25) is 10.0 Å². The highest BCUT2D eigenvalue weighted by Gasteiger charge is 2.23. The predicted molar refractivity (Wildman–Crippen MR) is 99.1 cm³/mol. The maximum Gasteiger partial charge on any atom is 0.268 e. The smallest absolute Gasteiger partial charge is 0.268 e. The number of carbonyl (C=O) groups excluding carboxylic acids is 1. The Labute approximate surface area is 164 Å². The second kappa shape index (κ2) is 8.48. The van der Waals surface area contributed by atoms with Crippen molar-refractivity contribution in [2.24, 2.45) is 0 Å². The van der Waals surface area contributed by atoms with Crippen LogP contribution in [0.2, 0.25) is 0 Å². The number of phenolic OH excluding ortho intramolecular Hbond substituents is 1. The van der Waals surface area contributed by atoms with Crippen molar-refractivity contribution in [1.82, 2.24) is 25.2 Å². The van der Waals surface area contributed by atoms with Crippen LogP contribution in [0.4, 0.5) is 0 Å². The van der Waals surface area contributed by atoms with Gasteiger partial charge in [-0.15, -0.1) is 5.10 Å². The monoisotopic (exact) mass is 423 g/mol. The van der Waals surface area contributed by atoms with Gasteiger partial charge in [-0.05, 0) is 29.1 Å². The van der Waals surface area contributed by atoms with Crippen molar-refractivity contribution in [3.63, 3.8) is 0 Å². The highest BCUT2D eigenvalue weighted by Crippen LogP contribution is 2.18. The number of thiophene rings is 1. The average Bonchev–Trinajstić information content (AvgIpc) is 3.38. The molecular weight excluding hydrogens is 406 g/mol. The Bertz CT molecular complexity index is 1030. The van der Waals surface area contributed by atoms with Crippen LogP contribution in [0.15, 0.2) is 52.2 Å². The fourth-order valence-electron chi connectivity index (χ4n) is 2.44. The van der Waals surface area contributed by atoms with E-state index >= 15 is 0 Å². The molecule has 0 bridgehead atoms. The molecule has 0 saturated carbocycles. The van der Waals surface area contributed by atoms with E-state index in [0.717, 1.165) is 5.56 Å². The number of nitrogens with one attached hydrogen (secondary N) is 2. The molecule has 10 nitrogen and oxygen atoms in total. The van der Waals surface area contributed by atoms with Gasteiger partial charge in [0.25, 0.3) is 5.91 Å². The molecule has 1 atom stereocenters. The minimum absolute atomic E-state index is 0.0906. The van der Waals surface area contributed by atoms with Gasteiger partial charge in [-0.25, -0.2) is 23.3 Å². The molecule has 148 valence electrons. The van der Waals surface area contributed by atoms with Crippen molar-refractivity contribution >= 4 is 27.3 Å². The first-order valence-corrected chi connectivity index (χ1v) is 10.5. The molecule has 12 heteroatoms. The highest BCUT2D eigenvalue weighted by atomic mass is 32.2. The largest absolute Gasteiger partial charge is 0.508 e. The molecule has 1 aromatic carbocycles. The summed E-state index contributed by atoms with van der Waals surface area (Å²) in [5.74, 6) is -0.615. The number of hydroxylamine groups is 1. The Balaban J connectivity index is 1.73. The van der Waals surface area contributed by atoms with Crippen LogP contribution in [0, 0.1) is 0 Å². The van der Waals surface area contributed by atoms with E-state index in [1.807, 2.05) is 0 Å². The normalized spacial score (nSPS) is 12.6. The molecule has 1 unspecified atom stereocenters. The quantitative estimate of drug-likeness (QED) is 0.310. The fraction of sp³-hybridized carbons (Fsp3) is 0.188. The van der Waals surface area contributed by atoms with Gasteiger partial charge in [0.05, 0.1) is 23.3 Å². The van der Waals surface area contributed by atoms with E-state index in [0.29, 0.717) is 5.69 Å². The number of hydrogen-bond donors (Lipinski definition) is 4. The fourth-order valence-corrected chi connectivity index (χ4v) is 4.47. The van der Waals surface area contributed by atoms with Gasteiger partial charge < -0.3 is 5.11 Å². The third kappa shape index (κ3) is 4.72. The molecule has 2 heterocycles. The second-order valence-electron chi connectivity index (χ2n) is 5.84. The molecule has 1 amide bonds. The van der Waals surface area contributed by atoms with Crippen LogP contribution in [-0.2, 0) is 27.8 Å². The molecule has 0 aliphatic carbocycles. The Morgan fingerprint density at radius 1 is 1.25 bits per heavy atom. The number of phenols is 1. The number of hydrogen-bond acceptors (Lipinski definition) is 8. The van der Waals surface area contributed by atoms with Crippen LogP contribution < -0.4 is 10.2 Å². The molecule has 3 aromatic rings. The Morgan fingerprint density at radius 2 is 2.00 bits per heavy atom. The lowest BCUT2D eigenvalue weighted by Gasteiger charge is -2.14. The van der Waals surface area contributed by atoms with Crippen molar-refractivity contribution in [3.05, 3.63) is 58.5 Å². The van der Waals surface area contributed by atoms with E-state index in [1.54, 1.807) is 23.0 Å². The number of benzene rings is 1. The number of carbonyl (C=O) groups is 1. The van der Waals surface area contributed by atoms with Crippen LogP contribution in [-0.4, -0.2) is 39.6 Å². The number of rotatable bonds is 8. The van der Waals surface area contributed by atoms with Crippen LogP contribution in [0.5, 0.6) is 5.75 Å². The van der Waals surface area contributed by atoms with E-state index in [2.05, 4.69) is 15.0 Å². The summed E-state index contributed by atoms with van der Waals surface area (Å²) in [6.45, 7) is -0.106. The maximum atomic E-state index is 12.2. The van der Waals surface area contributed by atoms with Gasteiger partial charge in [-0.3, -0.25) is 10.0 Å². The molecule has 0 fully saturated rings. The number of aromatic nitrogens is 3. The van der Waals surface area contributed by atoms with Crippen LogP contribution in [0.3, 0.4) is 0 Å². The van der Waals surface area contributed by atoms with Gasteiger partial charge in [0, 0.05) is 11.8 Å². The topological polar surface area (TPSA) is 146 Å². The molecule has 0 aliphatic heterocycles. The molecule has 0 radical (unpaired) electrons. The summed E-state index contributed by atoms with van der Waals surface area (Å²) in [4.78, 5) is 12.2. The lowest BCUT2D eigenvalue weighted by Crippen LogP contribution is -2.32. The standard InChI is InChI=1S/C16H17N5O5S2/c22-13-3-1-11(2-4-13)7-15(16(23)19-24)21-9-12(18-20-21)8-17-28(25,26)14-5-6-27-10-14/h1-6,9-10,15,17,22,24H,7-8H2,(H,19,23). The van der Waals surface area contributed by atoms with Crippen LogP contribution in [0.25, 0.3) is 0 Å². The van der Waals surface area contributed by atoms with Gasteiger partial charge in [-0.1, -0.05) is 17.3 Å². The zero-order valence-electron chi connectivity index (χ0n) is 14.4. The summed E-state index contributed by atoms with van der Waals surface area (Å²) >= 11 is 1.27. The molecule has 2 aromatic heterocycles. The average molecular weight is 423 g/mol. The second-order valence-corrected chi connectivity index (χ2v) is 8.38. The van der Waals surface area contributed by atoms with Crippen molar-refractivity contribution < 1.29 is 23.5 Å². The van der Waals surface area contributed by atoms with E-state index < -0.39 is 22.0 Å². The highest BCUT2D eigenvalue weighted by molar-refractivity contribution is 7.89. The summed E-state index contributed by atoms with van der Waals surface area (Å²) in [7, 11) is -3.66. The van der Waals surface area contributed by atoms with E-state index in [9.17, 15) is 18.3 Å². The third-order valence-electron chi connectivity index (χ3n) is 3.90.